The van der Waals surface area contributed by atoms with Gasteiger partial charge in [0, 0.05) is 12.1 Å². The van der Waals surface area contributed by atoms with Gasteiger partial charge in [-0.05, 0) is 37.0 Å². The number of carbonyl (C=O) groups is 2. The van der Waals surface area contributed by atoms with E-state index in [1.165, 1.54) is 16.5 Å². The smallest absolute Gasteiger partial charge is 0.323 e. The van der Waals surface area contributed by atoms with Crippen molar-refractivity contribution in [3.05, 3.63) is 41.5 Å². The first-order chi connectivity index (χ1) is 9.81. The van der Waals surface area contributed by atoms with Crippen molar-refractivity contribution in [3.63, 3.8) is 0 Å². The average Bonchev–Trinajstić information content (AvgIpc) is 2.42. The first kappa shape index (κ1) is 17.0. The second-order valence-electron chi connectivity index (χ2n) is 5.61. The van der Waals surface area contributed by atoms with Crippen LogP contribution in [0, 0.1) is 0 Å². The number of aliphatic carboxylic acids is 1. The van der Waals surface area contributed by atoms with Gasteiger partial charge in [-0.25, -0.2) is 0 Å². The van der Waals surface area contributed by atoms with Gasteiger partial charge in [-0.1, -0.05) is 38.1 Å². The third-order valence-corrected chi connectivity index (χ3v) is 3.23. The molecular weight excluding hydrogens is 266 g/mol. The third-order valence-electron chi connectivity index (χ3n) is 3.23. The molecule has 0 heterocycles. The highest BCUT2D eigenvalue weighted by molar-refractivity contribution is 5.93. The van der Waals surface area contributed by atoms with E-state index in [9.17, 15) is 9.59 Å². The van der Waals surface area contributed by atoms with Crippen LogP contribution in [0.3, 0.4) is 0 Å². The van der Waals surface area contributed by atoms with Gasteiger partial charge in [-0.2, -0.15) is 0 Å². The van der Waals surface area contributed by atoms with E-state index in [0.29, 0.717) is 5.92 Å². The molecule has 1 rings (SSSR count). The predicted molar refractivity (Wildman–Crippen MR) is 84.0 cm³/mol. The van der Waals surface area contributed by atoms with E-state index in [-0.39, 0.29) is 18.5 Å². The standard InChI is InChI=1S/C17H23NO3/c1-12(2)15-8-5-14(6-9-15)7-10-16(19)18(13(3)4)11-17(20)21/h5-10,12-13H,11H2,1-4H3,(H,20,21)/b10-7+. The molecule has 114 valence electrons. The van der Waals surface area contributed by atoms with E-state index in [0.717, 1.165) is 5.56 Å². The topological polar surface area (TPSA) is 57.6 Å². The minimum absolute atomic E-state index is 0.151. The molecule has 0 atom stereocenters. The molecule has 0 aliphatic carbocycles. The van der Waals surface area contributed by atoms with Crippen molar-refractivity contribution in [3.8, 4) is 0 Å². The van der Waals surface area contributed by atoms with Crippen molar-refractivity contribution in [2.45, 2.75) is 39.7 Å². The summed E-state index contributed by atoms with van der Waals surface area (Å²) in [6.07, 6.45) is 3.14. The van der Waals surface area contributed by atoms with Crippen molar-refractivity contribution in [1.29, 1.82) is 0 Å². The third kappa shape index (κ3) is 5.42. The number of benzene rings is 1. The maximum atomic E-state index is 12.0. The second-order valence-corrected chi connectivity index (χ2v) is 5.61. The van der Waals surface area contributed by atoms with Gasteiger partial charge in [0.25, 0.3) is 0 Å². The molecule has 0 aromatic heterocycles. The highest BCUT2D eigenvalue weighted by atomic mass is 16.4. The summed E-state index contributed by atoms with van der Waals surface area (Å²) in [4.78, 5) is 24.1. The fourth-order valence-corrected chi connectivity index (χ4v) is 1.92. The van der Waals surface area contributed by atoms with E-state index >= 15 is 0 Å². The lowest BCUT2D eigenvalue weighted by Crippen LogP contribution is -2.39. The van der Waals surface area contributed by atoms with Gasteiger partial charge in [0.1, 0.15) is 6.54 Å². The molecule has 0 aliphatic rings. The Morgan fingerprint density at radius 3 is 2.14 bits per heavy atom. The summed E-state index contributed by atoms with van der Waals surface area (Å²) in [6, 6.07) is 7.83. The summed E-state index contributed by atoms with van der Waals surface area (Å²) in [5.74, 6) is -0.830. The van der Waals surface area contributed by atoms with E-state index in [4.69, 9.17) is 5.11 Å². The Hall–Kier alpha value is -2.10. The number of hydrogen-bond donors (Lipinski definition) is 1. The molecule has 21 heavy (non-hydrogen) atoms. The Balaban J connectivity index is 2.77. The van der Waals surface area contributed by atoms with Crippen LogP contribution in [-0.2, 0) is 9.59 Å². The molecule has 4 nitrogen and oxygen atoms in total. The highest BCUT2D eigenvalue weighted by Gasteiger charge is 2.17. The molecule has 0 aliphatic heterocycles. The van der Waals surface area contributed by atoms with Gasteiger partial charge in [-0.15, -0.1) is 0 Å². The minimum atomic E-state index is -1.01. The van der Waals surface area contributed by atoms with Crippen LogP contribution in [0.5, 0.6) is 0 Å². The van der Waals surface area contributed by atoms with Crippen molar-refractivity contribution in [1.82, 2.24) is 4.90 Å². The number of carbonyl (C=O) groups excluding carboxylic acids is 1. The van der Waals surface area contributed by atoms with Crippen LogP contribution in [0.1, 0.15) is 44.7 Å². The van der Waals surface area contributed by atoms with Gasteiger partial charge < -0.3 is 10.0 Å². The lowest BCUT2D eigenvalue weighted by molar-refractivity contribution is -0.143. The van der Waals surface area contributed by atoms with Crippen molar-refractivity contribution in [2.75, 3.05) is 6.54 Å². The zero-order valence-corrected chi connectivity index (χ0v) is 13.0. The van der Waals surface area contributed by atoms with Crippen LogP contribution >= 0.6 is 0 Å². The van der Waals surface area contributed by atoms with E-state index in [1.54, 1.807) is 19.9 Å². The molecule has 4 heteroatoms. The highest BCUT2D eigenvalue weighted by Crippen LogP contribution is 2.15. The quantitative estimate of drug-likeness (QED) is 0.818. The maximum Gasteiger partial charge on any atom is 0.323 e. The molecule has 1 N–H and O–H groups in total. The predicted octanol–water partition coefficient (Wildman–Crippen LogP) is 3.14. The van der Waals surface area contributed by atoms with Crippen LogP contribution in [0.4, 0.5) is 0 Å². The number of carboxylic acid groups (broad SMARTS) is 1. The van der Waals surface area contributed by atoms with E-state index < -0.39 is 5.97 Å². The normalized spacial score (nSPS) is 11.3. The minimum Gasteiger partial charge on any atom is -0.480 e. The number of rotatable bonds is 6. The fraction of sp³-hybridized carbons (Fsp3) is 0.412. The van der Waals surface area contributed by atoms with Crippen molar-refractivity contribution in [2.24, 2.45) is 0 Å². The molecular formula is C17H23NO3. The first-order valence-corrected chi connectivity index (χ1v) is 7.11. The number of hydrogen-bond acceptors (Lipinski definition) is 2. The van der Waals surface area contributed by atoms with Gasteiger partial charge in [0.15, 0.2) is 0 Å². The summed E-state index contributed by atoms with van der Waals surface area (Å²) in [5.41, 5.74) is 2.17. The summed E-state index contributed by atoms with van der Waals surface area (Å²) >= 11 is 0. The molecule has 0 fully saturated rings. The molecule has 0 saturated carbocycles. The Labute approximate surface area is 126 Å². The van der Waals surface area contributed by atoms with Crippen LogP contribution < -0.4 is 0 Å². The molecule has 1 amide bonds. The van der Waals surface area contributed by atoms with E-state index in [1.807, 2.05) is 24.3 Å². The Morgan fingerprint density at radius 2 is 1.71 bits per heavy atom. The summed E-state index contributed by atoms with van der Waals surface area (Å²) in [7, 11) is 0. The zero-order valence-electron chi connectivity index (χ0n) is 13.0. The first-order valence-electron chi connectivity index (χ1n) is 7.11. The van der Waals surface area contributed by atoms with Crippen LogP contribution in [-0.4, -0.2) is 34.5 Å². The molecule has 1 aromatic carbocycles. The van der Waals surface area contributed by atoms with Crippen LogP contribution in [0.25, 0.3) is 6.08 Å². The molecule has 0 saturated heterocycles. The second kappa shape index (κ2) is 7.62. The van der Waals surface area contributed by atoms with Crippen molar-refractivity contribution >= 4 is 18.0 Å². The molecule has 1 aromatic rings. The van der Waals surface area contributed by atoms with Crippen molar-refractivity contribution < 1.29 is 14.7 Å². The maximum absolute atomic E-state index is 12.0. The zero-order chi connectivity index (χ0) is 16.0. The molecule has 0 bridgehead atoms. The Morgan fingerprint density at radius 1 is 1.14 bits per heavy atom. The molecule has 0 spiro atoms. The van der Waals surface area contributed by atoms with Crippen LogP contribution in [0.2, 0.25) is 0 Å². The largest absolute Gasteiger partial charge is 0.480 e. The Kier molecular flexibility index (Phi) is 6.15. The average molecular weight is 289 g/mol. The molecule has 0 radical (unpaired) electrons. The Bertz CT molecular complexity index is 515. The van der Waals surface area contributed by atoms with Gasteiger partial charge >= 0.3 is 5.97 Å². The summed E-state index contributed by atoms with van der Waals surface area (Å²) in [5, 5.41) is 8.83. The van der Waals surface area contributed by atoms with E-state index in [2.05, 4.69) is 13.8 Å². The summed E-state index contributed by atoms with van der Waals surface area (Å²) in [6.45, 7) is 7.56. The number of amides is 1. The monoisotopic (exact) mass is 289 g/mol. The van der Waals surface area contributed by atoms with Crippen LogP contribution in [0.15, 0.2) is 30.3 Å². The lowest BCUT2D eigenvalue weighted by Gasteiger charge is -2.23. The lowest BCUT2D eigenvalue weighted by atomic mass is 10.0. The SMILES string of the molecule is CC(C)c1ccc(/C=C/C(=O)N(CC(=O)O)C(C)C)cc1. The number of nitrogens with zero attached hydrogens (tertiary/aromatic N) is 1. The van der Waals surface area contributed by atoms with Gasteiger partial charge in [-0.3, -0.25) is 9.59 Å². The van der Waals surface area contributed by atoms with Gasteiger partial charge in [0.2, 0.25) is 5.91 Å². The molecule has 0 unspecified atom stereocenters. The van der Waals surface area contributed by atoms with Gasteiger partial charge in [0.05, 0.1) is 0 Å². The number of carboxylic acids is 1. The fourth-order valence-electron chi connectivity index (χ4n) is 1.92. The summed E-state index contributed by atoms with van der Waals surface area (Å²) < 4.78 is 0.